The SMILES string of the molecule is CC12CC3CC(CC1C3)C2.CCC12CC3CC(CC(C3)C1)C2.CCC1CC2CCC1C2. The van der Waals surface area contributed by atoms with E-state index in [-0.39, 0.29) is 0 Å². The average Bonchev–Trinajstić information content (AvgIpc) is 3.46. The van der Waals surface area contributed by atoms with Gasteiger partial charge in [-0.15, -0.1) is 0 Å². The Bertz CT molecular complexity index is 595. The number of hydrogen-bond donors (Lipinski definition) is 0. The monoisotopic (exact) mass is 424 g/mol. The van der Waals surface area contributed by atoms with Gasteiger partial charge in [-0.05, 0) is 154 Å². The largest absolute Gasteiger partial charge is 0.0651 e. The van der Waals surface area contributed by atoms with Gasteiger partial charge in [0.1, 0.15) is 0 Å². The maximum Gasteiger partial charge on any atom is -0.0292 e. The molecule has 0 N–H and O–H groups in total. The summed E-state index contributed by atoms with van der Waals surface area (Å²) >= 11 is 0. The first-order chi connectivity index (χ1) is 15.0. The van der Waals surface area contributed by atoms with Gasteiger partial charge < -0.3 is 0 Å². The molecular formula is C31H52. The van der Waals surface area contributed by atoms with E-state index >= 15 is 0 Å². The van der Waals surface area contributed by atoms with Gasteiger partial charge >= 0.3 is 0 Å². The molecule has 0 saturated heterocycles. The zero-order valence-electron chi connectivity index (χ0n) is 21.2. The molecule has 5 atom stereocenters. The fourth-order valence-corrected chi connectivity index (χ4v) is 11.8. The average molecular weight is 425 g/mol. The first-order valence-electron chi connectivity index (χ1n) is 15.0. The van der Waals surface area contributed by atoms with E-state index in [1.165, 1.54) is 12.8 Å². The molecule has 31 heavy (non-hydrogen) atoms. The van der Waals surface area contributed by atoms with Crippen LogP contribution in [0.2, 0.25) is 0 Å². The molecular weight excluding hydrogens is 372 g/mol. The second-order valence-electron chi connectivity index (χ2n) is 14.8. The summed E-state index contributed by atoms with van der Waals surface area (Å²) in [6.45, 7) is 7.31. The Kier molecular flexibility index (Phi) is 5.59. The van der Waals surface area contributed by atoms with Crippen molar-refractivity contribution in [2.75, 3.05) is 0 Å². The molecule has 0 aromatic rings. The quantitative estimate of drug-likeness (QED) is 0.414. The highest BCUT2D eigenvalue weighted by Crippen LogP contribution is 2.65. The van der Waals surface area contributed by atoms with Crippen LogP contribution in [0.3, 0.4) is 0 Å². The van der Waals surface area contributed by atoms with E-state index in [0.717, 1.165) is 64.1 Å². The minimum atomic E-state index is 0.827. The van der Waals surface area contributed by atoms with Crippen LogP contribution in [0.4, 0.5) is 0 Å². The lowest BCUT2D eigenvalue weighted by Gasteiger charge is -2.56. The van der Waals surface area contributed by atoms with Gasteiger partial charge in [-0.2, -0.15) is 0 Å². The summed E-state index contributed by atoms with van der Waals surface area (Å²) in [5.41, 5.74) is 1.67. The molecule has 10 saturated carbocycles. The summed E-state index contributed by atoms with van der Waals surface area (Å²) in [5, 5.41) is 0. The molecule has 0 aromatic heterocycles. The Balaban J connectivity index is 0.0000000907. The van der Waals surface area contributed by atoms with E-state index in [2.05, 4.69) is 20.8 Å². The maximum absolute atomic E-state index is 2.54. The zero-order chi connectivity index (χ0) is 21.2. The fourth-order valence-electron chi connectivity index (χ4n) is 11.8. The molecule has 0 aliphatic heterocycles. The van der Waals surface area contributed by atoms with Crippen LogP contribution in [0.25, 0.3) is 0 Å². The minimum Gasteiger partial charge on any atom is -0.0651 e. The van der Waals surface area contributed by atoms with Crippen LogP contribution in [0, 0.1) is 64.1 Å². The summed E-state index contributed by atoms with van der Waals surface area (Å²) in [6, 6.07) is 0. The van der Waals surface area contributed by atoms with Gasteiger partial charge in [0.05, 0.1) is 0 Å². The normalized spacial score (nSPS) is 56.4. The second-order valence-corrected chi connectivity index (χ2v) is 14.8. The smallest absolute Gasteiger partial charge is 0.0292 e. The summed E-state index contributed by atoms with van der Waals surface area (Å²) in [5.74, 6) is 10.3. The standard InChI is InChI=1S/C12H20.C10H16.C9H16/c1-2-12-6-9-3-10(7-12)5-11(4-9)8-12;1-10-5-7-2-8(6-10)4-9(10)3-7;1-2-8-5-7-3-4-9(8)6-7/h9-11H,2-8H2,1H3;7-9H,2-6H2,1H3;7-9H,2-6H2,1H3. The summed E-state index contributed by atoms with van der Waals surface area (Å²) in [6.07, 6.45) is 26.7. The van der Waals surface area contributed by atoms with Crippen molar-refractivity contribution in [1.29, 1.82) is 0 Å². The highest BCUT2D eigenvalue weighted by molar-refractivity contribution is 5.05. The van der Waals surface area contributed by atoms with Crippen molar-refractivity contribution in [2.45, 2.75) is 130 Å². The third-order valence-corrected chi connectivity index (χ3v) is 12.7. The molecule has 0 heterocycles. The van der Waals surface area contributed by atoms with Gasteiger partial charge in [-0.3, -0.25) is 0 Å². The second kappa shape index (κ2) is 8.05. The summed E-state index contributed by atoms with van der Waals surface area (Å²) in [4.78, 5) is 0. The third-order valence-electron chi connectivity index (χ3n) is 12.7. The maximum atomic E-state index is 2.54. The van der Waals surface area contributed by atoms with E-state index in [0.29, 0.717) is 0 Å². The van der Waals surface area contributed by atoms with Crippen molar-refractivity contribution in [2.24, 2.45) is 64.1 Å². The Labute approximate surface area is 194 Å². The molecule has 176 valence electrons. The molecule has 10 aliphatic carbocycles. The van der Waals surface area contributed by atoms with Gasteiger partial charge in [-0.25, -0.2) is 0 Å². The van der Waals surface area contributed by atoms with Crippen molar-refractivity contribution in [3.05, 3.63) is 0 Å². The predicted molar refractivity (Wildman–Crippen MR) is 132 cm³/mol. The topological polar surface area (TPSA) is 0 Å². The van der Waals surface area contributed by atoms with Gasteiger partial charge in [0, 0.05) is 0 Å². The van der Waals surface area contributed by atoms with Crippen LogP contribution in [-0.2, 0) is 0 Å². The molecule has 10 rings (SSSR count). The first kappa shape index (κ1) is 21.5. The van der Waals surface area contributed by atoms with E-state index in [9.17, 15) is 0 Å². The van der Waals surface area contributed by atoms with Gasteiger partial charge in [0.2, 0.25) is 0 Å². The van der Waals surface area contributed by atoms with Crippen LogP contribution in [-0.4, -0.2) is 0 Å². The predicted octanol–water partition coefficient (Wildman–Crippen LogP) is 9.28. The summed E-state index contributed by atoms with van der Waals surface area (Å²) in [7, 11) is 0. The van der Waals surface area contributed by atoms with E-state index < -0.39 is 0 Å². The summed E-state index contributed by atoms with van der Waals surface area (Å²) < 4.78 is 0. The molecule has 0 heteroatoms. The van der Waals surface area contributed by atoms with Gasteiger partial charge in [0.15, 0.2) is 0 Å². The Morgan fingerprint density at radius 3 is 1.45 bits per heavy atom. The lowest BCUT2D eigenvalue weighted by atomic mass is 9.49. The van der Waals surface area contributed by atoms with Crippen LogP contribution in [0.15, 0.2) is 0 Å². The highest BCUT2D eigenvalue weighted by atomic mass is 14.6. The molecule has 0 nitrogen and oxygen atoms in total. The lowest BCUT2D eigenvalue weighted by molar-refractivity contribution is -0.0545. The molecule has 0 spiro atoms. The number of fused-ring (bicyclic) bond motifs is 2. The molecule has 0 amide bonds. The molecule has 5 unspecified atom stereocenters. The third kappa shape index (κ3) is 3.97. The van der Waals surface area contributed by atoms with Gasteiger partial charge in [-0.1, -0.05) is 40.0 Å². The van der Waals surface area contributed by atoms with Crippen molar-refractivity contribution in [3.63, 3.8) is 0 Å². The lowest BCUT2D eigenvalue weighted by Crippen LogP contribution is -2.45. The van der Waals surface area contributed by atoms with Crippen LogP contribution < -0.4 is 0 Å². The van der Waals surface area contributed by atoms with Crippen molar-refractivity contribution in [1.82, 2.24) is 0 Å². The fraction of sp³-hybridized carbons (Fsp3) is 1.00. The van der Waals surface area contributed by atoms with E-state index in [1.54, 1.807) is 96.3 Å². The molecule has 0 aromatic carbocycles. The van der Waals surface area contributed by atoms with Crippen LogP contribution in [0.5, 0.6) is 0 Å². The van der Waals surface area contributed by atoms with Crippen LogP contribution in [0.1, 0.15) is 130 Å². The Morgan fingerprint density at radius 2 is 1.13 bits per heavy atom. The van der Waals surface area contributed by atoms with E-state index in [4.69, 9.17) is 0 Å². The number of rotatable bonds is 2. The van der Waals surface area contributed by atoms with Crippen molar-refractivity contribution < 1.29 is 0 Å². The molecule has 0 radical (unpaired) electrons. The zero-order valence-corrected chi connectivity index (χ0v) is 21.2. The Hall–Kier alpha value is 0. The molecule has 10 aliphatic rings. The molecule has 10 bridgehead atoms. The minimum absolute atomic E-state index is 0.827. The van der Waals surface area contributed by atoms with Crippen molar-refractivity contribution >= 4 is 0 Å². The van der Waals surface area contributed by atoms with E-state index in [1.807, 2.05) is 0 Å². The van der Waals surface area contributed by atoms with Crippen molar-refractivity contribution in [3.8, 4) is 0 Å². The van der Waals surface area contributed by atoms with Gasteiger partial charge in [0.25, 0.3) is 0 Å². The molecule has 10 fully saturated rings. The first-order valence-corrected chi connectivity index (χ1v) is 15.0. The van der Waals surface area contributed by atoms with Crippen LogP contribution >= 0.6 is 0 Å². The highest BCUT2D eigenvalue weighted by Gasteiger charge is 2.54. The number of hydrogen-bond acceptors (Lipinski definition) is 0. The Morgan fingerprint density at radius 1 is 0.581 bits per heavy atom.